The zero-order valence-electron chi connectivity index (χ0n) is 62.1. The van der Waals surface area contributed by atoms with Crippen molar-refractivity contribution in [1.29, 1.82) is 0 Å². The molecule has 106 heavy (non-hydrogen) atoms. The highest BCUT2D eigenvalue weighted by atomic mass is 16.5. The van der Waals surface area contributed by atoms with Crippen LogP contribution in [0.3, 0.4) is 0 Å². The van der Waals surface area contributed by atoms with Gasteiger partial charge in [-0.15, -0.1) is 0 Å². The SMILES string of the molecule is CC(C)CCCCCCCCCCC[C@@H](O)CC(=O)N[C@H](CCC(=O)O)C(=O)N[C@H](CCCN)C(=O)N[C@@H]1Cc2ccc(cc2)OC(=O)[C@@H](C(C)C)NC(=O)[C@@H](Cc2ccc(O)cc2)NC(=O)[C@H](CCC(N)=O)NC(=O)[C@H]2CCCN2C(=O)[C@H](C(C)C)NC(=O)[C@H](CCC(=O)O)NC(=O)[C@H]([C@H](C)O)NC1=O. The Morgan fingerprint density at radius 3 is 1.66 bits per heavy atom. The number of carbonyl (C=O) groups is 14. The molecule has 0 radical (unpaired) electrons. The Labute approximate surface area is 619 Å². The molecule has 3 aliphatic rings. The molecule has 0 aromatic heterocycles. The van der Waals surface area contributed by atoms with Crippen molar-refractivity contribution >= 4 is 82.9 Å². The average molecular weight is 1490 g/mol. The summed E-state index contributed by atoms with van der Waals surface area (Å²) < 4.78 is 5.77. The molecule has 0 unspecified atom stereocenters. The molecule has 2 aromatic rings. The summed E-state index contributed by atoms with van der Waals surface area (Å²) in [5, 5.41) is 74.4. The minimum absolute atomic E-state index is 0.0237. The molecule has 18 N–H and O–H groups in total. The fraction of sp³-hybridized carbons (Fsp3) is 0.649. The van der Waals surface area contributed by atoms with Crippen molar-refractivity contribution in [2.24, 2.45) is 29.2 Å². The van der Waals surface area contributed by atoms with Crippen molar-refractivity contribution < 1.29 is 97.4 Å². The van der Waals surface area contributed by atoms with Crippen molar-refractivity contribution in [2.75, 3.05) is 13.1 Å². The van der Waals surface area contributed by atoms with E-state index in [9.17, 15) is 92.7 Å². The number of aromatic hydroxyl groups is 1. The van der Waals surface area contributed by atoms with E-state index in [0.717, 1.165) is 43.9 Å². The fourth-order valence-electron chi connectivity index (χ4n) is 12.4. The van der Waals surface area contributed by atoms with Crippen molar-refractivity contribution in [3.63, 3.8) is 0 Å². The molecule has 12 atom stereocenters. The molecule has 32 nitrogen and oxygen atoms in total. The van der Waals surface area contributed by atoms with Gasteiger partial charge in [0.05, 0.1) is 18.6 Å². The number of nitrogens with one attached hydrogen (secondary N) is 9. The Balaban J connectivity index is 1.75. The normalized spacial score (nSPS) is 21.6. The van der Waals surface area contributed by atoms with E-state index in [4.69, 9.17) is 16.2 Å². The number of esters is 1. The molecule has 2 aromatic carbocycles. The zero-order valence-corrected chi connectivity index (χ0v) is 62.1. The van der Waals surface area contributed by atoms with Crippen LogP contribution in [0.15, 0.2) is 48.5 Å². The van der Waals surface area contributed by atoms with Crippen LogP contribution in [0.25, 0.3) is 0 Å². The summed E-state index contributed by atoms with van der Waals surface area (Å²) in [6.07, 6.45) is 3.75. The Kier molecular flexibility index (Phi) is 38.6. The molecular weight excluding hydrogens is 1380 g/mol. The lowest BCUT2D eigenvalue weighted by Gasteiger charge is -2.32. The van der Waals surface area contributed by atoms with Crippen LogP contribution < -0.4 is 64.1 Å². The monoisotopic (exact) mass is 1490 g/mol. The van der Waals surface area contributed by atoms with Gasteiger partial charge in [0.1, 0.15) is 71.9 Å². The van der Waals surface area contributed by atoms with Crippen molar-refractivity contribution in [1.82, 2.24) is 52.8 Å². The third kappa shape index (κ3) is 31.8. The number of rotatable bonds is 36. The van der Waals surface area contributed by atoms with Crippen LogP contribution in [-0.4, -0.2) is 199 Å². The predicted octanol–water partition coefficient (Wildman–Crippen LogP) is 1.58. The number of nitrogens with zero attached hydrogens (tertiary/aromatic N) is 1. The maximum atomic E-state index is 14.9. The van der Waals surface area contributed by atoms with Crippen molar-refractivity contribution in [2.45, 2.75) is 275 Å². The molecule has 590 valence electrons. The highest BCUT2D eigenvalue weighted by Crippen LogP contribution is 2.24. The highest BCUT2D eigenvalue weighted by molar-refractivity contribution is 6.00. The summed E-state index contributed by atoms with van der Waals surface area (Å²) in [5.74, 6) is -15.5. The number of amides is 11. The standard InChI is InChI=1S/C74H114N12O20/c1-42(2)19-15-13-11-9-8-10-12-14-16-20-49(89)41-59(91)77-52(32-35-60(92)93)66(97)78-51(21-17-37-75)65(96)81-56-40-47-25-29-50(30-26-47)106-74(105)63(44(5)6)84-69(100)55(39-46-23-27-48(88)28-24-46)82-67(98)53(31-34-58(76)90)79-71(102)57-22-18-38-86(57)73(104)62(43(3)4)83-68(99)54(33-36-61(94)95)80-72(103)64(45(7)87)85-70(56)101/h23-30,42-45,49,51-57,62-64,87-89H,8-22,31-41,75H2,1-7H3,(H2,76,90)(H,77,91)(H,78,97)(H,79,102)(H,80,103)(H,81,96)(H,82,98)(H,83,99)(H,84,100)(H,85,101)(H,92,93)(H,94,95)/t45-,49+,51+,52+,53-,54-,55+,56+,57+,62-,63+,64-/m0/s1. The van der Waals surface area contributed by atoms with Gasteiger partial charge in [0.25, 0.3) is 0 Å². The number of carboxylic acid groups (broad SMARTS) is 2. The molecule has 0 aliphatic carbocycles. The highest BCUT2D eigenvalue weighted by Gasteiger charge is 2.42. The van der Waals surface area contributed by atoms with Gasteiger partial charge < -0.3 is 94.5 Å². The molecule has 1 saturated heterocycles. The maximum absolute atomic E-state index is 14.9. The first-order valence-corrected chi connectivity index (χ1v) is 37.1. The van der Waals surface area contributed by atoms with E-state index < -0.39 is 219 Å². The van der Waals surface area contributed by atoms with Gasteiger partial charge in [0, 0.05) is 38.6 Å². The van der Waals surface area contributed by atoms with Gasteiger partial charge in [0.2, 0.25) is 65.0 Å². The summed E-state index contributed by atoms with van der Waals surface area (Å²) in [6.45, 7) is 11.7. The molecule has 3 heterocycles. The van der Waals surface area contributed by atoms with E-state index in [1.165, 1.54) is 74.2 Å². The molecular formula is C74H114N12O20. The molecule has 2 bridgehead atoms. The van der Waals surface area contributed by atoms with Crippen LogP contribution >= 0.6 is 0 Å². The maximum Gasteiger partial charge on any atom is 0.334 e. The fourth-order valence-corrected chi connectivity index (χ4v) is 12.4. The molecule has 32 heteroatoms. The Morgan fingerprint density at radius 2 is 1.09 bits per heavy atom. The molecule has 3 aliphatic heterocycles. The van der Waals surface area contributed by atoms with Crippen LogP contribution in [-0.2, 0) is 80.0 Å². The van der Waals surface area contributed by atoms with Gasteiger partial charge in [0.15, 0.2) is 0 Å². The second-order valence-corrected chi connectivity index (χ2v) is 28.8. The number of unbranched alkanes of at least 4 members (excludes halogenated alkanes) is 8. The minimum Gasteiger partial charge on any atom is -0.508 e. The van der Waals surface area contributed by atoms with Crippen molar-refractivity contribution in [3.8, 4) is 11.5 Å². The average Bonchev–Trinajstić information content (AvgIpc) is 1.56. The second kappa shape index (κ2) is 45.9. The van der Waals surface area contributed by atoms with E-state index in [2.05, 4.69) is 61.7 Å². The lowest BCUT2D eigenvalue weighted by molar-refractivity contribution is -0.144. The number of aliphatic hydroxyl groups excluding tert-OH is 2. The van der Waals surface area contributed by atoms with Gasteiger partial charge >= 0.3 is 17.9 Å². The number of fused-ring (bicyclic) bond motifs is 23. The van der Waals surface area contributed by atoms with E-state index in [0.29, 0.717) is 24.3 Å². The van der Waals surface area contributed by atoms with Crippen LogP contribution in [0.1, 0.15) is 201 Å². The first kappa shape index (κ1) is 89.1. The molecule has 5 rings (SSSR count). The van der Waals surface area contributed by atoms with Gasteiger partial charge in [-0.1, -0.05) is 130 Å². The van der Waals surface area contributed by atoms with E-state index in [1.54, 1.807) is 27.7 Å². The number of ether oxygens (including phenoxy) is 1. The van der Waals surface area contributed by atoms with E-state index in [1.807, 2.05) is 0 Å². The van der Waals surface area contributed by atoms with Gasteiger partial charge in [-0.2, -0.15) is 0 Å². The minimum atomic E-state index is -1.99. The first-order chi connectivity index (χ1) is 50.2. The first-order valence-electron chi connectivity index (χ1n) is 37.1. The van der Waals surface area contributed by atoms with Crippen molar-refractivity contribution in [3.05, 3.63) is 59.7 Å². The number of carboxylic acids is 2. The van der Waals surface area contributed by atoms with Crippen LogP contribution in [0.2, 0.25) is 0 Å². The second-order valence-electron chi connectivity index (χ2n) is 28.8. The van der Waals surface area contributed by atoms with Crippen LogP contribution in [0.4, 0.5) is 0 Å². The molecule has 0 saturated carbocycles. The molecule has 1 fully saturated rings. The predicted molar refractivity (Wildman–Crippen MR) is 388 cm³/mol. The number of aliphatic carboxylic acids is 2. The Bertz CT molecular complexity index is 3260. The number of nitrogens with two attached hydrogens (primary N) is 2. The van der Waals surface area contributed by atoms with Gasteiger partial charge in [-0.25, -0.2) is 4.79 Å². The third-order valence-corrected chi connectivity index (χ3v) is 18.5. The quantitative estimate of drug-likeness (QED) is 0.0199. The third-order valence-electron chi connectivity index (χ3n) is 18.5. The van der Waals surface area contributed by atoms with E-state index >= 15 is 0 Å². The number of phenolic OH excluding ortho intramolecular Hbond substituents is 1. The molecule has 0 spiro atoms. The molecule has 11 amide bonds. The summed E-state index contributed by atoms with van der Waals surface area (Å²) in [5.41, 5.74) is 12.0. The lowest BCUT2D eigenvalue weighted by atomic mass is 10.00. The number of hydrogen-bond donors (Lipinski definition) is 16. The number of phenols is 1. The van der Waals surface area contributed by atoms with Gasteiger partial charge in [-0.3, -0.25) is 62.3 Å². The summed E-state index contributed by atoms with van der Waals surface area (Å²) in [4.78, 5) is 196. The number of benzene rings is 2. The largest absolute Gasteiger partial charge is 0.508 e. The zero-order chi connectivity index (χ0) is 78.7. The number of carbonyl (C=O) groups excluding carboxylic acids is 12. The number of aliphatic hydroxyl groups is 2. The van der Waals surface area contributed by atoms with Gasteiger partial charge in [-0.05, 0) is 118 Å². The van der Waals surface area contributed by atoms with E-state index in [-0.39, 0.29) is 62.3 Å². The summed E-state index contributed by atoms with van der Waals surface area (Å²) in [6, 6.07) is -4.95. The summed E-state index contributed by atoms with van der Waals surface area (Å²) >= 11 is 0. The number of primary amides is 1. The smallest absolute Gasteiger partial charge is 0.334 e. The Hall–Kier alpha value is -9.30. The topological polar surface area (TPSA) is 513 Å². The number of hydrogen-bond acceptors (Lipinski definition) is 19. The summed E-state index contributed by atoms with van der Waals surface area (Å²) in [7, 11) is 0. The Morgan fingerprint density at radius 1 is 0.566 bits per heavy atom. The lowest BCUT2D eigenvalue weighted by Crippen LogP contribution is -2.62. The van der Waals surface area contributed by atoms with Crippen LogP contribution in [0.5, 0.6) is 11.5 Å². The van der Waals surface area contributed by atoms with Crippen LogP contribution in [0, 0.1) is 17.8 Å².